The van der Waals surface area contributed by atoms with E-state index in [9.17, 15) is 9.59 Å². The number of hydrazone groups is 1. The van der Waals surface area contributed by atoms with E-state index in [0.717, 1.165) is 22.8 Å². The minimum absolute atomic E-state index is 0.164. The Morgan fingerprint density at radius 3 is 2.84 bits per heavy atom. The minimum atomic E-state index is -0.287. The fourth-order valence-corrected chi connectivity index (χ4v) is 3.20. The Morgan fingerprint density at radius 1 is 1.20 bits per heavy atom. The van der Waals surface area contributed by atoms with E-state index in [2.05, 4.69) is 46.0 Å². The molecule has 126 valence electrons. The van der Waals surface area contributed by atoms with Gasteiger partial charge in [-0.3, -0.25) is 9.59 Å². The van der Waals surface area contributed by atoms with Gasteiger partial charge < -0.3 is 10.3 Å². The van der Waals surface area contributed by atoms with Crippen molar-refractivity contribution in [2.45, 2.75) is 26.2 Å². The lowest BCUT2D eigenvalue weighted by Gasteiger charge is -2.12. The second-order valence-electron chi connectivity index (χ2n) is 6.13. The highest BCUT2D eigenvalue weighted by Crippen LogP contribution is 2.29. The van der Waals surface area contributed by atoms with Crippen LogP contribution in [0.15, 0.2) is 41.5 Å². The smallest absolute Gasteiger partial charge is 0.271 e. The molecular weight excluding hydrogens is 316 g/mol. The fraction of sp³-hybridized carbons (Fsp3) is 0.211. The van der Waals surface area contributed by atoms with Crippen molar-refractivity contribution in [3.8, 4) is 0 Å². The summed E-state index contributed by atoms with van der Waals surface area (Å²) in [5.41, 5.74) is 6.77. The third kappa shape index (κ3) is 2.76. The Morgan fingerprint density at radius 2 is 2.08 bits per heavy atom. The number of nitrogens with zero attached hydrogens (tertiary/aromatic N) is 1. The van der Waals surface area contributed by atoms with Crippen molar-refractivity contribution in [2.75, 3.05) is 5.32 Å². The van der Waals surface area contributed by atoms with E-state index < -0.39 is 0 Å². The highest BCUT2D eigenvalue weighted by Gasteiger charge is 2.18. The third-order valence-electron chi connectivity index (χ3n) is 4.53. The number of aromatic nitrogens is 1. The van der Waals surface area contributed by atoms with Crippen molar-refractivity contribution in [3.05, 3.63) is 42.0 Å². The summed E-state index contributed by atoms with van der Waals surface area (Å²) in [6.45, 7) is 2.13. The van der Waals surface area contributed by atoms with Gasteiger partial charge in [-0.1, -0.05) is 31.2 Å². The average molecular weight is 334 g/mol. The number of carbonyl (C=O) groups excluding carboxylic acids is 2. The maximum absolute atomic E-state index is 12.3. The summed E-state index contributed by atoms with van der Waals surface area (Å²) in [7, 11) is 0. The molecule has 6 nitrogen and oxygen atoms in total. The summed E-state index contributed by atoms with van der Waals surface area (Å²) in [4.78, 5) is 26.9. The topological polar surface area (TPSA) is 86.3 Å². The van der Waals surface area contributed by atoms with Crippen LogP contribution in [-0.2, 0) is 16.0 Å². The minimum Gasteiger partial charge on any atom is -0.354 e. The normalized spacial score (nSPS) is 14.4. The Kier molecular flexibility index (Phi) is 3.72. The molecule has 3 aromatic rings. The zero-order chi connectivity index (χ0) is 17.4. The molecule has 0 saturated heterocycles. The Hall–Kier alpha value is -3.15. The van der Waals surface area contributed by atoms with Gasteiger partial charge in [0.2, 0.25) is 5.91 Å². The number of fused-ring (bicyclic) bond motifs is 3. The van der Waals surface area contributed by atoms with Gasteiger partial charge in [-0.25, -0.2) is 5.43 Å². The van der Waals surface area contributed by atoms with E-state index in [1.165, 1.54) is 10.9 Å². The van der Waals surface area contributed by atoms with Crippen molar-refractivity contribution in [2.24, 2.45) is 5.10 Å². The SMILES string of the molecule is CCc1cccc2c1[nH]c1cc(NC(=O)C3=NNC(=O)CC3)ccc12. The molecule has 0 saturated carbocycles. The first-order valence-electron chi connectivity index (χ1n) is 8.36. The van der Waals surface area contributed by atoms with E-state index in [4.69, 9.17) is 0 Å². The quantitative estimate of drug-likeness (QED) is 0.687. The Labute approximate surface area is 144 Å². The molecule has 0 atom stereocenters. The van der Waals surface area contributed by atoms with Crippen molar-refractivity contribution in [1.29, 1.82) is 0 Å². The van der Waals surface area contributed by atoms with Crippen LogP contribution in [0.1, 0.15) is 25.3 Å². The molecular formula is C19H18N4O2. The molecule has 1 aliphatic heterocycles. The van der Waals surface area contributed by atoms with Gasteiger partial charge in [0.05, 0.1) is 0 Å². The van der Waals surface area contributed by atoms with Gasteiger partial charge in [0.25, 0.3) is 5.91 Å². The number of hydrogen-bond donors (Lipinski definition) is 3. The number of carbonyl (C=O) groups is 2. The number of aromatic amines is 1. The summed E-state index contributed by atoms with van der Waals surface area (Å²) < 4.78 is 0. The summed E-state index contributed by atoms with van der Waals surface area (Å²) in [5.74, 6) is -0.451. The summed E-state index contributed by atoms with van der Waals surface area (Å²) in [6, 6.07) is 12.1. The van der Waals surface area contributed by atoms with Crippen LogP contribution in [0.5, 0.6) is 0 Å². The molecule has 0 unspecified atom stereocenters. The molecule has 2 aromatic carbocycles. The van der Waals surface area contributed by atoms with Crippen molar-refractivity contribution >= 4 is 45.0 Å². The molecule has 0 radical (unpaired) electrons. The van der Waals surface area contributed by atoms with Crippen molar-refractivity contribution < 1.29 is 9.59 Å². The zero-order valence-electron chi connectivity index (χ0n) is 13.8. The number of aryl methyl sites for hydroxylation is 1. The van der Waals surface area contributed by atoms with Gasteiger partial charge in [-0.05, 0) is 24.1 Å². The first kappa shape index (κ1) is 15.4. The number of anilines is 1. The summed E-state index contributed by atoms with van der Waals surface area (Å²) in [5, 5.41) is 8.99. The van der Waals surface area contributed by atoms with Crippen LogP contribution in [0.4, 0.5) is 5.69 Å². The first-order valence-corrected chi connectivity index (χ1v) is 8.36. The third-order valence-corrected chi connectivity index (χ3v) is 4.53. The Bertz CT molecular complexity index is 1030. The van der Waals surface area contributed by atoms with Crippen LogP contribution in [0.25, 0.3) is 21.8 Å². The maximum Gasteiger partial charge on any atom is 0.271 e. The second-order valence-corrected chi connectivity index (χ2v) is 6.13. The number of amides is 2. The molecule has 0 fully saturated rings. The predicted molar refractivity (Wildman–Crippen MR) is 98.6 cm³/mol. The van der Waals surface area contributed by atoms with Crippen molar-refractivity contribution in [3.63, 3.8) is 0 Å². The highest BCUT2D eigenvalue weighted by atomic mass is 16.2. The molecule has 1 aromatic heterocycles. The van der Waals surface area contributed by atoms with E-state index in [0.29, 0.717) is 17.8 Å². The molecule has 2 heterocycles. The van der Waals surface area contributed by atoms with Crippen LogP contribution in [0.3, 0.4) is 0 Å². The zero-order valence-corrected chi connectivity index (χ0v) is 13.8. The van der Waals surface area contributed by atoms with E-state index in [-0.39, 0.29) is 18.2 Å². The standard InChI is InChI=1S/C19H18N4O2/c1-2-11-4-3-5-14-13-7-6-12(10-16(13)21-18(11)14)20-19(25)15-8-9-17(24)23-22-15/h3-7,10,21H,2,8-9H2,1H3,(H,20,25)(H,23,24). The van der Waals surface area contributed by atoms with Crippen molar-refractivity contribution in [1.82, 2.24) is 10.4 Å². The average Bonchev–Trinajstić information content (AvgIpc) is 3.00. The number of benzene rings is 2. The maximum atomic E-state index is 12.3. The van der Waals surface area contributed by atoms with Gasteiger partial charge in [-0.2, -0.15) is 5.10 Å². The predicted octanol–water partition coefficient (Wildman–Crippen LogP) is 3.09. The monoisotopic (exact) mass is 334 g/mol. The summed E-state index contributed by atoms with van der Waals surface area (Å²) >= 11 is 0. The molecule has 0 spiro atoms. The molecule has 2 amide bonds. The summed E-state index contributed by atoms with van der Waals surface area (Å²) in [6.07, 6.45) is 1.60. The van der Waals surface area contributed by atoms with Gasteiger partial charge in [0.15, 0.2) is 0 Å². The molecule has 1 aliphatic rings. The van der Waals surface area contributed by atoms with Crippen LogP contribution >= 0.6 is 0 Å². The number of para-hydroxylation sites is 1. The number of hydrogen-bond acceptors (Lipinski definition) is 3. The van der Waals surface area contributed by atoms with Gasteiger partial charge in [0, 0.05) is 40.3 Å². The van der Waals surface area contributed by atoms with Gasteiger partial charge in [0.1, 0.15) is 5.71 Å². The molecule has 3 N–H and O–H groups in total. The van der Waals surface area contributed by atoms with Gasteiger partial charge >= 0.3 is 0 Å². The van der Waals surface area contributed by atoms with Crippen LogP contribution in [0, 0.1) is 0 Å². The van der Waals surface area contributed by atoms with E-state index >= 15 is 0 Å². The molecule has 0 aliphatic carbocycles. The van der Waals surface area contributed by atoms with Gasteiger partial charge in [-0.15, -0.1) is 0 Å². The largest absolute Gasteiger partial charge is 0.354 e. The lowest BCUT2D eigenvalue weighted by atomic mass is 10.1. The lowest BCUT2D eigenvalue weighted by Crippen LogP contribution is -2.32. The molecule has 0 bridgehead atoms. The number of rotatable bonds is 3. The molecule has 4 rings (SSSR count). The van der Waals surface area contributed by atoms with Crippen LogP contribution in [0.2, 0.25) is 0 Å². The highest BCUT2D eigenvalue weighted by molar-refractivity contribution is 6.43. The molecule has 6 heteroatoms. The van der Waals surface area contributed by atoms with Crippen LogP contribution < -0.4 is 10.7 Å². The van der Waals surface area contributed by atoms with E-state index in [1.807, 2.05) is 18.2 Å². The number of H-pyrrole nitrogens is 1. The second kappa shape index (κ2) is 6.05. The fourth-order valence-electron chi connectivity index (χ4n) is 3.20. The van der Waals surface area contributed by atoms with E-state index in [1.54, 1.807) is 0 Å². The Balaban J connectivity index is 1.66. The van der Waals surface area contributed by atoms with Crippen LogP contribution in [-0.4, -0.2) is 22.5 Å². The first-order chi connectivity index (χ1) is 12.2. The lowest BCUT2D eigenvalue weighted by molar-refractivity contribution is -0.121. The number of nitrogens with one attached hydrogen (secondary N) is 3. The molecule has 25 heavy (non-hydrogen) atoms.